The molecular formula is C10H8BrClN2O. The van der Waals surface area contributed by atoms with Gasteiger partial charge in [-0.25, -0.2) is 4.68 Å². The molecule has 1 heterocycles. The summed E-state index contributed by atoms with van der Waals surface area (Å²) >= 11 is 9.21. The minimum Gasteiger partial charge on any atom is -0.494 e. The van der Waals surface area contributed by atoms with Crippen molar-refractivity contribution in [2.24, 2.45) is 0 Å². The van der Waals surface area contributed by atoms with E-state index in [1.165, 1.54) is 0 Å². The summed E-state index contributed by atoms with van der Waals surface area (Å²) < 4.78 is 7.87. The molecule has 0 unspecified atom stereocenters. The van der Waals surface area contributed by atoms with Crippen molar-refractivity contribution in [3.05, 3.63) is 40.1 Å². The Bertz CT molecular complexity index is 484. The summed E-state index contributed by atoms with van der Waals surface area (Å²) in [7, 11) is 1.60. The normalized spacial score (nSPS) is 10.3. The van der Waals surface area contributed by atoms with Crippen LogP contribution in [0.5, 0.6) is 5.75 Å². The van der Waals surface area contributed by atoms with Crippen molar-refractivity contribution in [3.63, 3.8) is 0 Å². The molecule has 0 saturated carbocycles. The van der Waals surface area contributed by atoms with Gasteiger partial charge in [0.1, 0.15) is 11.4 Å². The maximum absolute atomic E-state index is 5.87. The molecule has 78 valence electrons. The molecule has 2 rings (SSSR count). The topological polar surface area (TPSA) is 27.1 Å². The highest BCUT2D eigenvalue weighted by Gasteiger charge is 2.06. The SMILES string of the molecule is COc1cc(Cl)ccc1-n1cc(Br)cn1. The monoisotopic (exact) mass is 286 g/mol. The number of methoxy groups -OCH3 is 1. The van der Waals surface area contributed by atoms with E-state index in [0.717, 1.165) is 10.2 Å². The lowest BCUT2D eigenvalue weighted by atomic mass is 10.3. The molecule has 0 radical (unpaired) electrons. The Morgan fingerprint density at radius 2 is 2.27 bits per heavy atom. The quantitative estimate of drug-likeness (QED) is 0.847. The highest BCUT2D eigenvalue weighted by atomic mass is 79.9. The Balaban J connectivity index is 2.52. The van der Waals surface area contributed by atoms with Gasteiger partial charge in [-0.05, 0) is 28.1 Å². The first-order valence-corrected chi connectivity index (χ1v) is 5.42. The number of ether oxygens (including phenoxy) is 1. The second kappa shape index (κ2) is 4.24. The number of aromatic nitrogens is 2. The van der Waals surface area contributed by atoms with Gasteiger partial charge >= 0.3 is 0 Å². The van der Waals surface area contributed by atoms with Gasteiger partial charge in [-0.1, -0.05) is 11.6 Å². The number of hydrogen-bond donors (Lipinski definition) is 0. The Hall–Kier alpha value is -1.00. The summed E-state index contributed by atoms with van der Waals surface area (Å²) in [6.45, 7) is 0. The summed E-state index contributed by atoms with van der Waals surface area (Å²) in [6, 6.07) is 5.42. The Labute approximate surface area is 101 Å². The first-order chi connectivity index (χ1) is 7.20. The first kappa shape index (κ1) is 10.5. The van der Waals surface area contributed by atoms with E-state index in [-0.39, 0.29) is 0 Å². The zero-order chi connectivity index (χ0) is 10.8. The molecule has 0 saturated heterocycles. The van der Waals surface area contributed by atoms with Crippen molar-refractivity contribution in [1.29, 1.82) is 0 Å². The van der Waals surface area contributed by atoms with Crippen LogP contribution < -0.4 is 4.74 Å². The lowest BCUT2D eigenvalue weighted by molar-refractivity contribution is 0.412. The predicted molar refractivity (Wildman–Crippen MR) is 62.8 cm³/mol. The van der Waals surface area contributed by atoms with Gasteiger partial charge in [0.15, 0.2) is 0 Å². The molecule has 0 atom stereocenters. The van der Waals surface area contributed by atoms with E-state index in [9.17, 15) is 0 Å². The fourth-order valence-electron chi connectivity index (χ4n) is 1.27. The van der Waals surface area contributed by atoms with Crippen molar-refractivity contribution in [2.45, 2.75) is 0 Å². The van der Waals surface area contributed by atoms with Crippen LogP contribution in [0.25, 0.3) is 5.69 Å². The molecule has 0 aliphatic heterocycles. The van der Waals surface area contributed by atoms with Crippen LogP contribution in [0.2, 0.25) is 5.02 Å². The van der Waals surface area contributed by atoms with Crippen LogP contribution in [-0.2, 0) is 0 Å². The third-order valence-electron chi connectivity index (χ3n) is 1.94. The summed E-state index contributed by atoms with van der Waals surface area (Å²) in [5.74, 6) is 0.693. The largest absolute Gasteiger partial charge is 0.494 e. The van der Waals surface area contributed by atoms with Gasteiger partial charge in [0.2, 0.25) is 0 Å². The van der Waals surface area contributed by atoms with Gasteiger partial charge < -0.3 is 4.74 Å². The molecule has 2 aromatic rings. The zero-order valence-corrected chi connectivity index (χ0v) is 10.3. The standard InChI is InChI=1S/C10H8BrClN2O/c1-15-10-4-8(12)2-3-9(10)14-6-7(11)5-13-14/h2-6H,1H3. The first-order valence-electron chi connectivity index (χ1n) is 4.25. The minimum absolute atomic E-state index is 0.641. The molecule has 1 aromatic carbocycles. The average Bonchev–Trinajstić information content (AvgIpc) is 2.64. The lowest BCUT2D eigenvalue weighted by Crippen LogP contribution is -1.97. The Kier molecular flexibility index (Phi) is 2.98. The van der Waals surface area contributed by atoms with E-state index in [1.807, 2.05) is 12.3 Å². The molecule has 3 nitrogen and oxygen atoms in total. The summed E-state index contributed by atoms with van der Waals surface area (Å²) in [6.07, 6.45) is 3.57. The lowest BCUT2D eigenvalue weighted by Gasteiger charge is -2.08. The number of benzene rings is 1. The van der Waals surface area contributed by atoms with Crippen LogP contribution in [0.1, 0.15) is 0 Å². The number of halogens is 2. The van der Waals surface area contributed by atoms with Crippen molar-refractivity contribution < 1.29 is 4.74 Å². The third kappa shape index (κ3) is 2.16. The fraction of sp³-hybridized carbons (Fsp3) is 0.100. The summed E-state index contributed by atoms with van der Waals surface area (Å²) in [4.78, 5) is 0. The average molecular weight is 288 g/mol. The van der Waals surface area contributed by atoms with Gasteiger partial charge in [0.25, 0.3) is 0 Å². The summed E-state index contributed by atoms with van der Waals surface area (Å²) in [5, 5.41) is 4.81. The summed E-state index contributed by atoms with van der Waals surface area (Å²) in [5.41, 5.74) is 0.854. The van der Waals surface area contributed by atoms with E-state index >= 15 is 0 Å². The molecule has 1 aromatic heterocycles. The molecule has 5 heteroatoms. The van der Waals surface area contributed by atoms with Gasteiger partial charge in [-0.15, -0.1) is 0 Å². The third-order valence-corrected chi connectivity index (χ3v) is 2.58. The van der Waals surface area contributed by atoms with Crippen molar-refractivity contribution in [2.75, 3.05) is 7.11 Å². The Morgan fingerprint density at radius 3 is 2.87 bits per heavy atom. The molecule has 0 fully saturated rings. The number of rotatable bonds is 2. The van der Waals surface area contributed by atoms with Crippen LogP contribution in [0.3, 0.4) is 0 Å². The number of hydrogen-bond acceptors (Lipinski definition) is 2. The van der Waals surface area contributed by atoms with Crippen LogP contribution in [-0.4, -0.2) is 16.9 Å². The fourth-order valence-corrected chi connectivity index (χ4v) is 1.72. The van der Waals surface area contributed by atoms with Crippen molar-refractivity contribution in [1.82, 2.24) is 9.78 Å². The molecule has 0 N–H and O–H groups in total. The maximum Gasteiger partial charge on any atom is 0.146 e. The van der Waals surface area contributed by atoms with Crippen molar-refractivity contribution in [3.8, 4) is 11.4 Å². The van der Waals surface area contributed by atoms with Gasteiger partial charge in [-0.2, -0.15) is 5.10 Å². The predicted octanol–water partition coefficient (Wildman–Crippen LogP) is 3.30. The van der Waals surface area contributed by atoms with E-state index in [2.05, 4.69) is 21.0 Å². The smallest absolute Gasteiger partial charge is 0.146 e. The van der Waals surface area contributed by atoms with Gasteiger partial charge in [0, 0.05) is 17.3 Å². The number of nitrogens with zero attached hydrogens (tertiary/aromatic N) is 2. The highest BCUT2D eigenvalue weighted by Crippen LogP contribution is 2.26. The second-order valence-electron chi connectivity index (χ2n) is 2.92. The molecule has 0 aliphatic rings. The van der Waals surface area contributed by atoms with Gasteiger partial charge in [-0.3, -0.25) is 0 Å². The van der Waals surface area contributed by atoms with E-state index in [0.29, 0.717) is 10.8 Å². The Morgan fingerprint density at radius 1 is 1.47 bits per heavy atom. The second-order valence-corrected chi connectivity index (χ2v) is 4.27. The van der Waals surface area contributed by atoms with Crippen LogP contribution in [0, 0.1) is 0 Å². The van der Waals surface area contributed by atoms with Gasteiger partial charge in [0.05, 0.1) is 17.8 Å². The molecule has 0 spiro atoms. The van der Waals surface area contributed by atoms with E-state index in [4.69, 9.17) is 16.3 Å². The molecule has 0 bridgehead atoms. The van der Waals surface area contributed by atoms with E-state index < -0.39 is 0 Å². The molecule has 0 amide bonds. The molecule has 0 aliphatic carbocycles. The van der Waals surface area contributed by atoms with E-state index in [1.54, 1.807) is 30.1 Å². The molecule has 15 heavy (non-hydrogen) atoms. The van der Waals surface area contributed by atoms with Crippen molar-refractivity contribution >= 4 is 27.5 Å². The molecular weight excluding hydrogens is 279 g/mol. The maximum atomic E-state index is 5.87. The van der Waals surface area contributed by atoms with Crippen LogP contribution in [0.4, 0.5) is 0 Å². The minimum atomic E-state index is 0.641. The zero-order valence-electron chi connectivity index (χ0n) is 7.95. The van der Waals surface area contributed by atoms with Crippen LogP contribution >= 0.6 is 27.5 Å². The highest BCUT2D eigenvalue weighted by molar-refractivity contribution is 9.10. The van der Waals surface area contributed by atoms with Crippen LogP contribution in [0.15, 0.2) is 35.1 Å².